The Hall–Kier alpha value is -2.65. The Morgan fingerprint density at radius 3 is 2.48 bits per heavy atom. The fourth-order valence-corrected chi connectivity index (χ4v) is 3.80. The minimum absolute atomic E-state index is 0.149. The minimum Gasteiger partial charge on any atom is -0.390 e. The average molecular weight is 391 g/mol. The number of rotatable bonds is 4. The molecule has 2 aromatic rings. The zero-order chi connectivity index (χ0) is 20.0. The van der Waals surface area contributed by atoms with Gasteiger partial charge in [-0.15, -0.1) is 0 Å². The molecular formula is C18H21N3O5S. The van der Waals surface area contributed by atoms with Crippen LogP contribution in [0.15, 0.2) is 47.4 Å². The van der Waals surface area contributed by atoms with Crippen LogP contribution in [0.25, 0.3) is 5.69 Å². The SMILES string of the molecule is CC(C)(O)CC(=O)N1CN(S(C)(=O)=O)c2cc(-n3ccccc3=O)ccc21. The summed E-state index contributed by atoms with van der Waals surface area (Å²) in [5, 5.41) is 9.93. The number of hydrogen-bond acceptors (Lipinski definition) is 5. The molecule has 1 aliphatic rings. The van der Waals surface area contributed by atoms with Gasteiger partial charge >= 0.3 is 0 Å². The van der Waals surface area contributed by atoms with Crippen LogP contribution in [0.4, 0.5) is 11.4 Å². The van der Waals surface area contributed by atoms with Gasteiger partial charge in [-0.3, -0.25) is 19.1 Å². The minimum atomic E-state index is -3.65. The molecule has 2 heterocycles. The number of fused-ring (bicyclic) bond motifs is 1. The molecular weight excluding hydrogens is 370 g/mol. The van der Waals surface area contributed by atoms with Crippen molar-refractivity contribution in [2.24, 2.45) is 0 Å². The highest BCUT2D eigenvalue weighted by molar-refractivity contribution is 7.92. The predicted octanol–water partition coefficient (Wildman–Crippen LogP) is 1.07. The van der Waals surface area contributed by atoms with Gasteiger partial charge in [0, 0.05) is 12.3 Å². The largest absolute Gasteiger partial charge is 0.390 e. The molecule has 0 bridgehead atoms. The lowest BCUT2D eigenvalue weighted by Gasteiger charge is -2.22. The van der Waals surface area contributed by atoms with Crippen LogP contribution in [0.2, 0.25) is 0 Å². The van der Waals surface area contributed by atoms with Gasteiger partial charge in [-0.1, -0.05) is 6.07 Å². The van der Waals surface area contributed by atoms with Gasteiger partial charge in [0.2, 0.25) is 15.9 Å². The van der Waals surface area contributed by atoms with Crippen molar-refractivity contribution in [2.75, 3.05) is 22.1 Å². The first-order valence-corrected chi connectivity index (χ1v) is 10.1. The molecule has 1 amide bonds. The summed E-state index contributed by atoms with van der Waals surface area (Å²) in [7, 11) is -3.65. The zero-order valence-electron chi connectivity index (χ0n) is 15.3. The highest BCUT2D eigenvalue weighted by Crippen LogP contribution is 2.39. The molecule has 144 valence electrons. The van der Waals surface area contributed by atoms with E-state index >= 15 is 0 Å². The van der Waals surface area contributed by atoms with Crippen molar-refractivity contribution in [1.29, 1.82) is 0 Å². The Morgan fingerprint density at radius 2 is 1.89 bits per heavy atom. The Balaban J connectivity index is 2.10. The maximum Gasteiger partial charge on any atom is 0.255 e. The lowest BCUT2D eigenvalue weighted by molar-refractivity contribution is -0.122. The van der Waals surface area contributed by atoms with E-state index in [1.807, 2.05) is 0 Å². The summed E-state index contributed by atoms with van der Waals surface area (Å²) in [6, 6.07) is 9.54. The molecule has 0 spiro atoms. The van der Waals surface area contributed by atoms with E-state index in [4.69, 9.17) is 0 Å². The quantitative estimate of drug-likeness (QED) is 0.840. The molecule has 8 nitrogen and oxygen atoms in total. The number of aliphatic hydroxyl groups is 1. The van der Waals surface area contributed by atoms with Gasteiger partial charge in [0.05, 0.1) is 35.3 Å². The molecule has 1 aromatic carbocycles. The molecule has 0 unspecified atom stereocenters. The van der Waals surface area contributed by atoms with Crippen LogP contribution in [0.5, 0.6) is 0 Å². The van der Waals surface area contributed by atoms with Gasteiger partial charge in [0.1, 0.15) is 6.67 Å². The monoisotopic (exact) mass is 391 g/mol. The molecule has 0 saturated carbocycles. The van der Waals surface area contributed by atoms with Crippen molar-refractivity contribution in [2.45, 2.75) is 25.9 Å². The van der Waals surface area contributed by atoms with Gasteiger partial charge in [-0.25, -0.2) is 12.7 Å². The van der Waals surface area contributed by atoms with Crippen LogP contribution < -0.4 is 14.8 Å². The number of pyridine rings is 1. The fraction of sp³-hybridized carbons (Fsp3) is 0.333. The topological polar surface area (TPSA) is 99.9 Å². The highest BCUT2D eigenvalue weighted by Gasteiger charge is 2.36. The van der Waals surface area contributed by atoms with Crippen molar-refractivity contribution in [3.63, 3.8) is 0 Å². The summed E-state index contributed by atoms with van der Waals surface area (Å²) < 4.78 is 27.0. The predicted molar refractivity (Wildman–Crippen MR) is 103 cm³/mol. The van der Waals surface area contributed by atoms with E-state index < -0.39 is 15.6 Å². The number of hydrogen-bond donors (Lipinski definition) is 1. The number of nitrogens with zero attached hydrogens (tertiary/aromatic N) is 3. The van der Waals surface area contributed by atoms with E-state index in [1.165, 1.54) is 29.4 Å². The molecule has 3 rings (SSSR count). The molecule has 1 aromatic heterocycles. The maximum atomic E-state index is 12.6. The van der Waals surface area contributed by atoms with E-state index in [2.05, 4.69) is 0 Å². The van der Waals surface area contributed by atoms with Crippen molar-refractivity contribution in [3.05, 3.63) is 52.9 Å². The number of benzene rings is 1. The molecule has 0 fully saturated rings. The Bertz CT molecular complexity index is 1050. The van der Waals surface area contributed by atoms with E-state index in [0.717, 1.165) is 10.6 Å². The first kappa shape index (κ1) is 19.1. The fourth-order valence-electron chi connectivity index (χ4n) is 2.97. The summed E-state index contributed by atoms with van der Waals surface area (Å²) in [5.41, 5.74) is -0.245. The Kier molecular flexibility index (Phi) is 4.61. The number of aromatic nitrogens is 1. The van der Waals surface area contributed by atoms with Gasteiger partial charge in [-0.2, -0.15) is 0 Å². The second-order valence-electron chi connectivity index (χ2n) is 7.15. The lowest BCUT2D eigenvalue weighted by atomic mass is 10.0. The molecule has 0 radical (unpaired) electrons. The molecule has 0 aliphatic carbocycles. The second kappa shape index (κ2) is 6.50. The van der Waals surface area contributed by atoms with Gasteiger partial charge < -0.3 is 5.11 Å². The number of carbonyl (C=O) groups is 1. The summed E-state index contributed by atoms with van der Waals surface area (Å²) in [4.78, 5) is 26.0. The first-order chi connectivity index (χ1) is 12.5. The molecule has 0 saturated heterocycles. The number of anilines is 2. The summed E-state index contributed by atoms with van der Waals surface area (Å²) >= 11 is 0. The Morgan fingerprint density at radius 1 is 1.19 bits per heavy atom. The standard InChI is InChI=1S/C18H21N3O5S/c1-18(2,24)11-17(23)20-12-21(27(3,25)26)15-10-13(7-8-14(15)20)19-9-5-4-6-16(19)22/h4-10,24H,11-12H2,1-3H3. The Labute approximate surface area is 157 Å². The summed E-state index contributed by atoms with van der Waals surface area (Å²) in [6.07, 6.45) is 2.49. The van der Waals surface area contributed by atoms with Crippen LogP contribution >= 0.6 is 0 Å². The van der Waals surface area contributed by atoms with Crippen LogP contribution in [0.3, 0.4) is 0 Å². The van der Waals surface area contributed by atoms with Crippen molar-refractivity contribution < 1.29 is 18.3 Å². The number of amides is 1. The third kappa shape index (κ3) is 3.88. The van der Waals surface area contributed by atoms with E-state index in [0.29, 0.717) is 17.1 Å². The molecule has 0 atom stereocenters. The van der Waals surface area contributed by atoms with Crippen molar-refractivity contribution in [1.82, 2.24) is 4.57 Å². The zero-order valence-corrected chi connectivity index (χ0v) is 16.1. The number of carbonyl (C=O) groups excluding carboxylic acids is 1. The van der Waals surface area contributed by atoms with Crippen LogP contribution in [-0.2, 0) is 14.8 Å². The third-order valence-electron chi connectivity index (χ3n) is 4.17. The van der Waals surface area contributed by atoms with Crippen molar-refractivity contribution >= 4 is 27.3 Å². The van der Waals surface area contributed by atoms with Gasteiger partial charge in [-0.05, 0) is 38.1 Å². The summed E-state index contributed by atoms with van der Waals surface area (Å²) in [5.74, 6) is -0.389. The first-order valence-electron chi connectivity index (χ1n) is 8.30. The summed E-state index contributed by atoms with van der Waals surface area (Å²) in [6.45, 7) is 2.86. The van der Waals surface area contributed by atoms with Gasteiger partial charge in [0.25, 0.3) is 5.56 Å². The van der Waals surface area contributed by atoms with Crippen molar-refractivity contribution in [3.8, 4) is 5.69 Å². The number of sulfonamides is 1. The molecule has 27 heavy (non-hydrogen) atoms. The van der Waals surface area contributed by atoms with Crippen LogP contribution in [0, 0.1) is 0 Å². The van der Waals surface area contributed by atoms with Crippen LogP contribution in [-0.4, -0.2) is 42.5 Å². The van der Waals surface area contributed by atoms with Crippen LogP contribution in [0.1, 0.15) is 20.3 Å². The van der Waals surface area contributed by atoms with E-state index in [-0.39, 0.29) is 24.6 Å². The third-order valence-corrected chi connectivity index (χ3v) is 5.29. The van der Waals surface area contributed by atoms with E-state index in [1.54, 1.807) is 36.5 Å². The molecule has 1 N–H and O–H groups in total. The second-order valence-corrected chi connectivity index (χ2v) is 9.05. The van der Waals surface area contributed by atoms with E-state index in [9.17, 15) is 23.1 Å². The molecule has 9 heteroatoms. The normalized spacial score (nSPS) is 14.4. The highest BCUT2D eigenvalue weighted by atomic mass is 32.2. The smallest absolute Gasteiger partial charge is 0.255 e. The average Bonchev–Trinajstić information content (AvgIpc) is 2.92. The lowest BCUT2D eigenvalue weighted by Crippen LogP contribution is -2.40. The van der Waals surface area contributed by atoms with Gasteiger partial charge in [0.15, 0.2) is 0 Å². The maximum absolute atomic E-state index is 12.6. The molecule has 1 aliphatic heterocycles.